The Labute approximate surface area is 187 Å². The molecule has 4 N–H and O–H groups in total. The number of fused-ring (bicyclic) bond motifs is 2. The first-order chi connectivity index (χ1) is 15.4. The van der Waals surface area contributed by atoms with Crippen molar-refractivity contribution >= 4 is 23.5 Å². The highest BCUT2D eigenvalue weighted by atomic mass is 16.4. The van der Waals surface area contributed by atoms with Gasteiger partial charge in [0, 0.05) is 24.6 Å². The number of benzene rings is 1. The van der Waals surface area contributed by atoms with Crippen LogP contribution in [0.1, 0.15) is 44.9 Å². The van der Waals surface area contributed by atoms with Crippen LogP contribution in [0.25, 0.3) is 0 Å². The van der Waals surface area contributed by atoms with Gasteiger partial charge < -0.3 is 25.7 Å². The highest BCUT2D eigenvalue weighted by molar-refractivity contribution is 5.96. The Morgan fingerprint density at radius 3 is 2.69 bits per heavy atom. The molecular weight excluding hydrogens is 410 g/mol. The van der Waals surface area contributed by atoms with Gasteiger partial charge in [-0.2, -0.15) is 0 Å². The molecule has 2 amide bonds. The highest BCUT2D eigenvalue weighted by Crippen LogP contribution is 2.45. The van der Waals surface area contributed by atoms with E-state index in [0.29, 0.717) is 12.8 Å². The fourth-order valence-corrected chi connectivity index (χ4v) is 4.81. The Morgan fingerprint density at radius 1 is 1.16 bits per heavy atom. The zero-order valence-electron chi connectivity index (χ0n) is 18.1. The number of para-hydroxylation sites is 1. The van der Waals surface area contributed by atoms with Crippen molar-refractivity contribution in [3.8, 4) is 0 Å². The molecule has 2 heterocycles. The molecule has 4 rings (SSSR count). The van der Waals surface area contributed by atoms with E-state index in [1.165, 1.54) is 4.90 Å². The van der Waals surface area contributed by atoms with Crippen LogP contribution in [0, 0.1) is 5.92 Å². The summed E-state index contributed by atoms with van der Waals surface area (Å²) in [6.45, 7) is 0.0628. The zero-order chi connectivity index (χ0) is 22.7. The number of carbonyl (C=O) groups excluding carboxylic acids is 2. The molecule has 0 radical (unpaired) electrons. The average Bonchev–Trinajstić information content (AvgIpc) is 3.33. The van der Waals surface area contributed by atoms with Crippen molar-refractivity contribution in [2.45, 2.75) is 68.7 Å². The maximum absolute atomic E-state index is 13.5. The summed E-state index contributed by atoms with van der Waals surface area (Å²) < 4.78 is 0. The summed E-state index contributed by atoms with van der Waals surface area (Å²) in [6, 6.07) is 8.04. The number of amides is 2. The van der Waals surface area contributed by atoms with E-state index in [9.17, 15) is 24.6 Å². The molecule has 1 aromatic carbocycles. The number of carboxylic acids is 1. The Balaban J connectivity index is 1.59. The van der Waals surface area contributed by atoms with Crippen molar-refractivity contribution in [1.29, 1.82) is 0 Å². The Morgan fingerprint density at radius 2 is 1.94 bits per heavy atom. The van der Waals surface area contributed by atoms with Crippen molar-refractivity contribution in [2.24, 2.45) is 5.92 Å². The monoisotopic (exact) mass is 441 g/mol. The summed E-state index contributed by atoms with van der Waals surface area (Å²) in [5, 5.41) is 26.0. The van der Waals surface area contributed by atoms with E-state index in [1.54, 1.807) is 0 Å². The molecule has 2 aliphatic heterocycles. The van der Waals surface area contributed by atoms with E-state index in [2.05, 4.69) is 10.6 Å². The molecule has 8 heteroatoms. The number of aliphatic carboxylic acids is 1. The summed E-state index contributed by atoms with van der Waals surface area (Å²) in [5.74, 6) is -2.07. The topological polar surface area (TPSA) is 119 Å². The number of hydrogen-bond acceptors (Lipinski definition) is 5. The van der Waals surface area contributed by atoms with Crippen molar-refractivity contribution in [2.75, 3.05) is 11.9 Å². The first-order valence-corrected chi connectivity index (χ1v) is 11.4. The molecule has 3 aliphatic rings. The first kappa shape index (κ1) is 22.3. The molecule has 1 aromatic rings. The minimum absolute atomic E-state index is 0.0628. The summed E-state index contributed by atoms with van der Waals surface area (Å²) in [6.07, 6.45) is 7.71. The number of aliphatic hydroxyl groups is 1. The van der Waals surface area contributed by atoms with E-state index >= 15 is 0 Å². The van der Waals surface area contributed by atoms with Crippen LogP contribution in [-0.4, -0.2) is 63.2 Å². The number of rotatable bonds is 3. The lowest BCUT2D eigenvalue weighted by molar-refractivity contribution is -0.145. The van der Waals surface area contributed by atoms with Gasteiger partial charge in [0.15, 0.2) is 0 Å². The maximum atomic E-state index is 13.5. The molecule has 0 spiro atoms. The van der Waals surface area contributed by atoms with Gasteiger partial charge >= 0.3 is 5.97 Å². The molecule has 0 aromatic heterocycles. The van der Waals surface area contributed by atoms with Crippen molar-refractivity contribution in [3.63, 3.8) is 0 Å². The van der Waals surface area contributed by atoms with Gasteiger partial charge in [0.25, 0.3) is 0 Å². The number of allylic oxidation sites excluding steroid dienone is 1. The van der Waals surface area contributed by atoms with Crippen molar-refractivity contribution in [3.05, 3.63) is 42.5 Å². The number of nitrogens with one attached hydrogen (secondary N) is 2. The number of nitrogens with zero attached hydrogens (tertiary/aromatic N) is 1. The highest BCUT2D eigenvalue weighted by Gasteiger charge is 2.61. The molecule has 172 valence electrons. The summed E-state index contributed by atoms with van der Waals surface area (Å²) in [7, 11) is 0. The van der Waals surface area contributed by atoms with Gasteiger partial charge in [-0.1, -0.05) is 43.2 Å². The third kappa shape index (κ3) is 4.65. The summed E-state index contributed by atoms with van der Waals surface area (Å²) in [4.78, 5) is 40.0. The Bertz CT molecular complexity index is 889. The Hall–Kier alpha value is -2.87. The van der Waals surface area contributed by atoms with Crippen LogP contribution in [0.3, 0.4) is 0 Å². The molecule has 1 saturated heterocycles. The largest absolute Gasteiger partial charge is 0.479 e. The fraction of sp³-hybridized carbons (Fsp3) is 0.542. The summed E-state index contributed by atoms with van der Waals surface area (Å²) in [5.41, 5.74) is -0.504. The minimum atomic E-state index is -1.32. The third-order valence-electron chi connectivity index (χ3n) is 6.75. The normalized spacial score (nSPS) is 34.3. The van der Waals surface area contributed by atoms with Gasteiger partial charge in [-0.3, -0.25) is 9.59 Å². The average molecular weight is 442 g/mol. The number of carbonyl (C=O) groups is 3. The SMILES string of the molecule is O=C1N[C@]2(C(=O)O)C[C@@H]2/C=C\CCCCC[C@H](Nc2ccccc2)C(=O)N2C[C@H](O)C[C@@H]12. The maximum Gasteiger partial charge on any atom is 0.330 e. The molecule has 8 nitrogen and oxygen atoms in total. The van der Waals surface area contributed by atoms with Crippen LogP contribution in [-0.2, 0) is 14.4 Å². The van der Waals surface area contributed by atoms with Gasteiger partial charge in [-0.05, 0) is 37.8 Å². The second-order valence-electron chi connectivity index (χ2n) is 9.10. The van der Waals surface area contributed by atoms with Crippen LogP contribution >= 0.6 is 0 Å². The van der Waals surface area contributed by atoms with E-state index in [0.717, 1.165) is 31.4 Å². The van der Waals surface area contributed by atoms with Gasteiger partial charge in [-0.25, -0.2) is 4.79 Å². The van der Waals surface area contributed by atoms with Crippen LogP contribution in [0.4, 0.5) is 5.69 Å². The van der Waals surface area contributed by atoms with E-state index in [-0.39, 0.29) is 24.8 Å². The quantitative estimate of drug-likeness (QED) is 0.532. The number of hydrogen-bond donors (Lipinski definition) is 4. The predicted octanol–water partition coefficient (Wildman–Crippen LogP) is 1.91. The van der Waals surface area contributed by atoms with Gasteiger partial charge in [0.05, 0.1) is 6.10 Å². The van der Waals surface area contributed by atoms with E-state index < -0.39 is 35.6 Å². The van der Waals surface area contributed by atoms with E-state index in [4.69, 9.17) is 0 Å². The summed E-state index contributed by atoms with van der Waals surface area (Å²) >= 11 is 0. The second kappa shape index (κ2) is 9.32. The molecule has 5 atom stereocenters. The number of anilines is 1. The molecule has 0 bridgehead atoms. The van der Waals surface area contributed by atoms with E-state index in [1.807, 2.05) is 42.5 Å². The molecule has 0 unspecified atom stereocenters. The molecule has 2 fully saturated rings. The van der Waals surface area contributed by atoms with Crippen molar-refractivity contribution in [1.82, 2.24) is 10.2 Å². The van der Waals surface area contributed by atoms with Crippen LogP contribution in [0.5, 0.6) is 0 Å². The van der Waals surface area contributed by atoms with Crippen LogP contribution in [0.2, 0.25) is 0 Å². The lowest BCUT2D eigenvalue weighted by Crippen LogP contribution is -2.55. The molecule has 1 saturated carbocycles. The standard InChI is InChI=1S/C24H31N3O5/c28-18-13-20-21(29)26-24(23(31)32)14-16(24)9-5-2-1-3-8-12-19(22(30)27(20)15-18)25-17-10-6-4-7-11-17/h4-7,9-11,16,18-20,25,28H,1-3,8,12-15H2,(H,26,29)(H,31,32)/b9-5-/t16-,18+,19-,20-,24+/m0/s1. The smallest absolute Gasteiger partial charge is 0.330 e. The molecule has 32 heavy (non-hydrogen) atoms. The van der Waals surface area contributed by atoms with Crippen LogP contribution < -0.4 is 10.6 Å². The molecule has 1 aliphatic carbocycles. The van der Waals surface area contributed by atoms with Gasteiger partial charge in [-0.15, -0.1) is 0 Å². The van der Waals surface area contributed by atoms with Gasteiger partial charge in [0.2, 0.25) is 11.8 Å². The predicted molar refractivity (Wildman–Crippen MR) is 119 cm³/mol. The van der Waals surface area contributed by atoms with Crippen molar-refractivity contribution < 1.29 is 24.6 Å². The fourth-order valence-electron chi connectivity index (χ4n) is 4.81. The lowest BCUT2D eigenvalue weighted by Gasteiger charge is -2.30. The molecular formula is C24H31N3O5. The minimum Gasteiger partial charge on any atom is -0.479 e. The van der Waals surface area contributed by atoms with Gasteiger partial charge in [0.1, 0.15) is 17.6 Å². The lowest BCUT2D eigenvalue weighted by atomic mass is 10.0. The number of carboxylic acid groups (broad SMARTS) is 1. The first-order valence-electron chi connectivity index (χ1n) is 11.4. The second-order valence-corrected chi connectivity index (χ2v) is 9.10. The number of aliphatic hydroxyl groups excluding tert-OH is 1. The Kier molecular flexibility index (Phi) is 6.50. The zero-order valence-corrected chi connectivity index (χ0v) is 18.1. The van der Waals surface area contributed by atoms with Crippen LogP contribution in [0.15, 0.2) is 42.5 Å². The third-order valence-corrected chi connectivity index (χ3v) is 6.75.